The molecule has 0 bridgehead atoms. The second-order valence-corrected chi connectivity index (χ2v) is 6.13. The number of carbonyl (C=O) groups is 1. The first-order chi connectivity index (χ1) is 11.7. The van der Waals surface area contributed by atoms with Gasteiger partial charge in [0.15, 0.2) is 0 Å². The number of hydrogen-bond donors (Lipinski definition) is 2. The SMILES string of the molecule is Cc1nc(SCC(=O)NC(c2ccccc2)c2cccnc2)n[nH]1. The molecule has 0 spiro atoms. The molecular formula is C17H17N5OS. The maximum Gasteiger partial charge on any atom is 0.231 e. The highest BCUT2D eigenvalue weighted by Crippen LogP contribution is 2.21. The highest BCUT2D eigenvalue weighted by molar-refractivity contribution is 7.99. The van der Waals surface area contributed by atoms with Gasteiger partial charge in [0.25, 0.3) is 0 Å². The lowest BCUT2D eigenvalue weighted by Gasteiger charge is -2.19. The number of nitrogens with zero attached hydrogens (tertiary/aromatic N) is 3. The molecule has 3 aromatic rings. The van der Waals surface area contributed by atoms with Crippen molar-refractivity contribution >= 4 is 17.7 Å². The Bertz CT molecular complexity index is 752. The molecule has 1 unspecified atom stereocenters. The van der Waals surface area contributed by atoms with Crippen molar-refractivity contribution in [3.05, 3.63) is 71.8 Å². The van der Waals surface area contributed by atoms with Gasteiger partial charge in [-0.3, -0.25) is 14.9 Å². The number of aromatic nitrogens is 4. The number of benzene rings is 1. The zero-order valence-corrected chi connectivity index (χ0v) is 14.0. The first-order valence-electron chi connectivity index (χ1n) is 7.48. The van der Waals surface area contributed by atoms with Crippen molar-refractivity contribution < 1.29 is 4.79 Å². The summed E-state index contributed by atoms with van der Waals surface area (Å²) in [7, 11) is 0. The van der Waals surface area contributed by atoms with Gasteiger partial charge in [-0.1, -0.05) is 48.2 Å². The molecule has 1 atom stereocenters. The number of aromatic amines is 1. The fraction of sp³-hybridized carbons (Fsp3) is 0.176. The Hall–Kier alpha value is -2.67. The van der Waals surface area contributed by atoms with E-state index in [1.807, 2.05) is 49.4 Å². The fourth-order valence-corrected chi connectivity index (χ4v) is 2.93. The summed E-state index contributed by atoms with van der Waals surface area (Å²) in [6, 6.07) is 13.4. The smallest absolute Gasteiger partial charge is 0.231 e. The molecule has 1 aromatic carbocycles. The molecule has 0 saturated heterocycles. The summed E-state index contributed by atoms with van der Waals surface area (Å²) in [4.78, 5) is 20.7. The second-order valence-electron chi connectivity index (χ2n) is 5.19. The number of amides is 1. The van der Waals surface area contributed by atoms with E-state index in [1.54, 1.807) is 12.4 Å². The molecule has 0 radical (unpaired) electrons. The lowest BCUT2D eigenvalue weighted by atomic mass is 10.0. The van der Waals surface area contributed by atoms with Crippen molar-refractivity contribution in [2.75, 3.05) is 5.75 Å². The summed E-state index contributed by atoms with van der Waals surface area (Å²) in [5.41, 5.74) is 1.95. The van der Waals surface area contributed by atoms with E-state index in [0.29, 0.717) is 5.16 Å². The number of nitrogens with one attached hydrogen (secondary N) is 2. The number of rotatable bonds is 6. The Morgan fingerprint density at radius 1 is 1.21 bits per heavy atom. The van der Waals surface area contributed by atoms with E-state index < -0.39 is 0 Å². The topological polar surface area (TPSA) is 83.6 Å². The predicted molar refractivity (Wildman–Crippen MR) is 92.5 cm³/mol. The highest BCUT2D eigenvalue weighted by Gasteiger charge is 2.17. The van der Waals surface area contributed by atoms with Gasteiger partial charge in [-0.25, -0.2) is 4.98 Å². The molecule has 1 amide bonds. The average Bonchev–Trinajstić information content (AvgIpc) is 3.05. The number of thioether (sulfide) groups is 1. The summed E-state index contributed by atoms with van der Waals surface area (Å²) < 4.78 is 0. The van der Waals surface area contributed by atoms with Crippen LogP contribution < -0.4 is 5.32 Å². The molecule has 3 rings (SSSR count). The van der Waals surface area contributed by atoms with E-state index in [-0.39, 0.29) is 17.7 Å². The van der Waals surface area contributed by atoms with Gasteiger partial charge in [0.05, 0.1) is 11.8 Å². The van der Waals surface area contributed by atoms with Crippen LogP contribution in [0, 0.1) is 6.92 Å². The van der Waals surface area contributed by atoms with Crippen molar-refractivity contribution in [3.63, 3.8) is 0 Å². The largest absolute Gasteiger partial charge is 0.344 e. The summed E-state index contributed by atoms with van der Waals surface area (Å²) in [5.74, 6) is 0.900. The zero-order chi connectivity index (χ0) is 16.8. The van der Waals surface area contributed by atoms with Gasteiger partial charge in [0.2, 0.25) is 11.1 Å². The molecule has 24 heavy (non-hydrogen) atoms. The van der Waals surface area contributed by atoms with Crippen LogP contribution in [-0.2, 0) is 4.79 Å². The van der Waals surface area contributed by atoms with E-state index in [9.17, 15) is 4.79 Å². The minimum atomic E-state index is -0.234. The van der Waals surface area contributed by atoms with Crippen LogP contribution in [0.3, 0.4) is 0 Å². The summed E-state index contributed by atoms with van der Waals surface area (Å²) >= 11 is 1.30. The van der Waals surface area contributed by atoms with Crippen molar-refractivity contribution in [1.82, 2.24) is 25.5 Å². The van der Waals surface area contributed by atoms with Crippen LogP contribution in [0.5, 0.6) is 0 Å². The van der Waals surface area contributed by atoms with Crippen LogP contribution in [0.1, 0.15) is 23.0 Å². The van der Waals surface area contributed by atoms with Crippen molar-refractivity contribution in [1.29, 1.82) is 0 Å². The van der Waals surface area contributed by atoms with Gasteiger partial charge >= 0.3 is 0 Å². The first kappa shape index (κ1) is 16.2. The Morgan fingerprint density at radius 2 is 2.00 bits per heavy atom. The normalized spacial score (nSPS) is 11.9. The zero-order valence-electron chi connectivity index (χ0n) is 13.1. The molecule has 0 fully saturated rings. The maximum atomic E-state index is 12.4. The minimum absolute atomic E-state index is 0.0832. The summed E-state index contributed by atoms with van der Waals surface area (Å²) in [6.07, 6.45) is 3.48. The summed E-state index contributed by atoms with van der Waals surface area (Å²) in [6.45, 7) is 1.82. The van der Waals surface area contributed by atoms with E-state index in [2.05, 4.69) is 25.5 Å². The minimum Gasteiger partial charge on any atom is -0.344 e. The quantitative estimate of drug-likeness (QED) is 0.674. The number of pyridine rings is 1. The van der Waals surface area contributed by atoms with Crippen LogP contribution in [0.2, 0.25) is 0 Å². The molecule has 7 heteroatoms. The van der Waals surface area contributed by atoms with Crippen LogP contribution in [0.15, 0.2) is 60.0 Å². The van der Waals surface area contributed by atoms with Crippen molar-refractivity contribution in [2.24, 2.45) is 0 Å². The fourth-order valence-electron chi connectivity index (χ4n) is 2.27. The molecule has 2 N–H and O–H groups in total. The highest BCUT2D eigenvalue weighted by atomic mass is 32.2. The monoisotopic (exact) mass is 339 g/mol. The summed E-state index contributed by atoms with van der Waals surface area (Å²) in [5, 5.41) is 10.4. The molecule has 122 valence electrons. The van der Waals surface area contributed by atoms with Crippen LogP contribution in [0.25, 0.3) is 0 Å². The first-order valence-corrected chi connectivity index (χ1v) is 8.47. The van der Waals surface area contributed by atoms with Gasteiger partial charge in [-0.05, 0) is 24.1 Å². The molecule has 2 aromatic heterocycles. The Balaban J connectivity index is 1.71. The average molecular weight is 339 g/mol. The van der Waals surface area contributed by atoms with E-state index in [1.165, 1.54) is 11.8 Å². The Morgan fingerprint density at radius 3 is 2.67 bits per heavy atom. The van der Waals surface area contributed by atoms with Crippen molar-refractivity contribution in [2.45, 2.75) is 18.1 Å². The third-order valence-corrected chi connectivity index (χ3v) is 4.21. The predicted octanol–water partition coefficient (Wildman–Crippen LogP) is 2.51. The van der Waals surface area contributed by atoms with E-state index >= 15 is 0 Å². The number of aryl methyl sites for hydroxylation is 1. The van der Waals surface area contributed by atoms with Gasteiger partial charge in [0, 0.05) is 12.4 Å². The standard InChI is InChI=1S/C17H17N5OS/c1-12-19-17(22-21-12)24-11-15(23)20-16(13-6-3-2-4-7-13)14-8-5-9-18-10-14/h2-10,16H,11H2,1H3,(H,20,23)(H,19,21,22). The lowest BCUT2D eigenvalue weighted by Crippen LogP contribution is -2.30. The number of hydrogen-bond acceptors (Lipinski definition) is 5. The molecule has 0 aliphatic rings. The third-order valence-electron chi connectivity index (χ3n) is 3.37. The van der Waals surface area contributed by atoms with Crippen LogP contribution in [0.4, 0.5) is 0 Å². The lowest BCUT2D eigenvalue weighted by molar-refractivity contribution is -0.119. The van der Waals surface area contributed by atoms with E-state index in [0.717, 1.165) is 17.0 Å². The van der Waals surface area contributed by atoms with E-state index in [4.69, 9.17) is 0 Å². The molecule has 6 nitrogen and oxygen atoms in total. The number of H-pyrrole nitrogens is 1. The van der Waals surface area contributed by atoms with Crippen molar-refractivity contribution in [3.8, 4) is 0 Å². The molecule has 0 aliphatic carbocycles. The van der Waals surface area contributed by atoms with Gasteiger partial charge < -0.3 is 5.32 Å². The van der Waals surface area contributed by atoms with Crippen LogP contribution in [-0.4, -0.2) is 31.8 Å². The van der Waals surface area contributed by atoms with Gasteiger partial charge in [-0.2, -0.15) is 0 Å². The molecular weight excluding hydrogens is 322 g/mol. The van der Waals surface area contributed by atoms with Gasteiger partial charge in [0.1, 0.15) is 5.82 Å². The Labute approximate surface area is 144 Å². The van der Waals surface area contributed by atoms with Crippen LogP contribution >= 0.6 is 11.8 Å². The van der Waals surface area contributed by atoms with Gasteiger partial charge in [-0.15, -0.1) is 5.10 Å². The molecule has 0 aliphatic heterocycles. The Kier molecular flexibility index (Phi) is 5.22. The molecule has 0 saturated carbocycles. The molecule has 2 heterocycles. The maximum absolute atomic E-state index is 12.4. The third kappa shape index (κ3) is 4.20. The second kappa shape index (κ2) is 7.74. The number of carbonyl (C=O) groups excluding carboxylic acids is 1.